The molecule has 3 rings (SSSR count). The number of aromatic nitrogens is 2. The molecule has 0 bridgehead atoms. The van der Waals surface area contributed by atoms with Crippen LogP contribution in [0.4, 0.5) is 0 Å². The molecule has 2 aliphatic rings. The Morgan fingerprint density at radius 3 is 2.90 bits per heavy atom. The van der Waals surface area contributed by atoms with Crippen LogP contribution in [0.15, 0.2) is 12.4 Å². The summed E-state index contributed by atoms with van der Waals surface area (Å²) < 4.78 is 0. The van der Waals surface area contributed by atoms with Crippen LogP contribution in [-0.2, 0) is 16.1 Å². The van der Waals surface area contributed by atoms with Crippen molar-refractivity contribution < 1.29 is 9.59 Å². The highest BCUT2D eigenvalue weighted by atomic mass is 16.2. The molecule has 6 nitrogen and oxygen atoms in total. The van der Waals surface area contributed by atoms with Crippen molar-refractivity contribution in [2.45, 2.75) is 44.7 Å². The van der Waals surface area contributed by atoms with Crippen molar-refractivity contribution in [3.05, 3.63) is 18.2 Å². The fourth-order valence-corrected chi connectivity index (χ4v) is 3.46. The van der Waals surface area contributed by atoms with Gasteiger partial charge in [0.25, 0.3) is 0 Å². The van der Waals surface area contributed by atoms with E-state index in [1.54, 1.807) is 24.3 Å². The van der Waals surface area contributed by atoms with E-state index in [2.05, 4.69) is 9.97 Å². The van der Waals surface area contributed by atoms with Gasteiger partial charge >= 0.3 is 0 Å². The van der Waals surface area contributed by atoms with Crippen LogP contribution >= 0.6 is 0 Å². The fourth-order valence-electron chi connectivity index (χ4n) is 3.46. The van der Waals surface area contributed by atoms with Crippen molar-refractivity contribution in [1.82, 2.24) is 19.8 Å². The monoisotopic (exact) mass is 290 g/mol. The first kappa shape index (κ1) is 14.1. The number of H-pyrrole nitrogens is 1. The van der Waals surface area contributed by atoms with Crippen LogP contribution < -0.4 is 0 Å². The molecule has 1 aliphatic heterocycles. The van der Waals surface area contributed by atoms with Gasteiger partial charge in [0.15, 0.2) is 0 Å². The number of hydrogen-bond donors (Lipinski definition) is 1. The standard InChI is InChI=1S/C15H22N4O2/c1-18(10-13-16-6-7-17-13)15(21)11-8-14(20)19(9-11)12-4-2-3-5-12/h6-7,11-12H,2-5,8-10H2,1H3,(H,16,17). The Kier molecular flexibility index (Phi) is 3.94. The van der Waals surface area contributed by atoms with Crippen LogP contribution in [-0.4, -0.2) is 51.2 Å². The van der Waals surface area contributed by atoms with Gasteiger partial charge in [-0.2, -0.15) is 0 Å². The molecule has 1 aromatic heterocycles. The molecule has 0 aromatic carbocycles. The maximum Gasteiger partial charge on any atom is 0.228 e. The minimum Gasteiger partial charge on any atom is -0.347 e. The number of hydrogen-bond acceptors (Lipinski definition) is 3. The van der Waals surface area contributed by atoms with Crippen molar-refractivity contribution in [2.75, 3.05) is 13.6 Å². The maximum atomic E-state index is 12.5. The largest absolute Gasteiger partial charge is 0.347 e. The zero-order valence-electron chi connectivity index (χ0n) is 12.4. The predicted octanol–water partition coefficient (Wildman–Crippen LogP) is 1.16. The summed E-state index contributed by atoms with van der Waals surface area (Å²) in [5.41, 5.74) is 0. The van der Waals surface area contributed by atoms with Crippen molar-refractivity contribution >= 4 is 11.8 Å². The molecule has 114 valence electrons. The third-order valence-electron chi connectivity index (χ3n) is 4.59. The topological polar surface area (TPSA) is 69.3 Å². The second-order valence-corrected chi connectivity index (χ2v) is 6.12. The summed E-state index contributed by atoms with van der Waals surface area (Å²) in [6, 6.07) is 0.366. The van der Waals surface area contributed by atoms with Gasteiger partial charge in [-0.25, -0.2) is 4.98 Å². The molecule has 1 atom stereocenters. The highest BCUT2D eigenvalue weighted by molar-refractivity contribution is 5.89. The minimum absolute atomic E-state index is 0.0419. The molecule has 0 radical (unpaired) electrons. The molecule has 1 saturated heterocycles. The lowest BCUT2D eigenvalue weighted by Gasteiger charge is -2.25. The Morgan fingerprint density at radius 1 is 1.48 bits per heavy atom. The number of aromatic amines is 1. The molecule has 2 fully saturated rings. The average molecular weight is 290 g/mol. The predicted molar refractivity (Wildman–Crippen MR) is 77.1 cm³/mol. The van der Waals surface area contributed by atoms with Gasteiger partial charge in [0.05, 0.1) is 12.5 Å². The number of nitrogens with zero attached hydrogens (tertiary/aromatic N) is 3. The van der Waals surface area contributed by atoms with E-state index in [1.165, 1.54) is 12.8 Å². The highest BCUT2D eigenvalue weighted by Crippen LogP contribution is 2.30. The van der Waals surface area contributed by atoms with E-state index in [0.717, 1.165) is 18.7 Å². The van der Waals surface area contributed by atoms with E-state index in [0.29, 0.717) is 25.6 Å². The van der Waals surface area contributed by atoms with Crippen LogP contribution in [0.5, 0.6) is 0 Å². The third-order valence-corrected chi connectivity index (χ3v) is 4.59. The summed E-state index contributed by atoms with van der Waals surface area (Å²) in [4.78, 5) is 35.4. The van der Waals surface area contributed by atoms with Crippen molar-refractivity contribution in [1.29, 1.82) is 0 Å². The number of rotatable bonds is 4. The van der Waals surface area contributed by atoms with E-state index in [-0.39, 0.29) is 17.7 Å². The van der Waals surface area contributed by atoms with E-state index in [9.17, 15) is 9.59 Å². The molecule has 1 unspecified atom stereocenters. The van der Waals surface area contributed by atoms with Crippen LogP contribution in [0.1, 0.15) is 37.9 Å². The molecule has 0 spiro atoms. The smallest absolute Gasteiger partial charge is 0.228 e. The van der Waals surface area contributed by atoms with Gasteiger partial charge in [-0.15, -0.1) is 0 Å². The van der Waals surface area contributed by atoms with Gasteiger partial charge < -0.3 is 14.8 Å². The summed E-state index contributed by atoms with van der Waals surface area (Å²) in [6.07, 6.45) is 8.36. The van der Waals surface area contributed by atoms with Gasteiger partial charge in [0.2, 0.25) is 11.8 Å². The molecular formula is C15H22N4O2. The number of carbonyl (C=O) groups excluding carboxylic acids is 2. The lowest BCUT2D eigenvalue weighted by Crippen LogP contribution is -2.37. The summed E-state index contributed by atoms with van der Waals surface area (Å²) in [5.74, 6) is 0.757. The average Bonchev–Trinajstić information content (AvgIpc) is 3.17. The third kappa shape index (κ3) is 2.94. The van der Waals surface area contributed by atoms with E-state index >= 15 is 0 Å². The molecular weight excluding hydrogens is 268 g/mol. The van der Waals surface area contributed by atoms with E-state index < -0.39 is 0 Å². The summed E-state index contributed by atoms with van der Waals surface area (Å²) in [6.45, 7) is 1.05. The van der Waals surface area contributed by atoms with Gasteiger partial charge in [-0.1, -0.05) is 12.8 Å². The maximum absolute atomic E-state index is 12.5. The van der Waals surface area contributed by atoms with Crippen LogP contribution in [0, 0.1) is 5.92 Å². The Balaban J connectivity index is 1.59. The second kappa shape index (κ2) is 5.87. The van der Waals surface area contributed by atoms with Gasteiger partial charge in [0, 0.05) is 38.4 Å². The van der Waals surface area contributed by atoms with Crippen LogP contribution in [0.3, 0.4) is 0 Å². The second-order valence-electron chi connectivity index (χ2n) is 6.12. The number of nitrogens with one attached hydrogen (secondary N) is 1. The lowest BCUT2D eigenvalue weighted by atomic mass is 10.1. The molecule has 1 saturated carbocycles. The summed E-state index contributed by atoms with van der Waals surface area (Å²) in [7, 11) is 1.77. The fraction of sp³-hybridized carbons (Fsp3) is 0.667. The SMILES string of the molecule is CN(Cc1ncc[nH]1)C(=O)C1CC(=O)N(C2CCCC2)C1. The molecule has 1 aromatic rings. The molecule has 21 heavy (non-hydrogen) atoms. The molecule has 1 aliphatic carbocycles. The zero-order valence-corrected chi connectivity index (χ0v) is 12.4. The molecule has 1 N–H and O–H groups in total. The van der Waals surface area contributed by atoms with E-state index in [1.807, 2.05) is 4.90 Å². The number of imidazole rings is 1. The Morgan fingerprint density at radius 2 is 2.24 bits per heavy atom. The zero-order chi connectivity index (χ0) is 14.8. The van der Waals surface area contributed by atoms with E-state index in [4.69, 9.17) is 0 Å². The summed E-state index contributed by atoms with van der Waals surface area (Å²) in [5, 5.41) is 0. The van der Waals surface area contributed by atoms with Crippen LogP contribution in [0.2, 0.25) is 0 Å². The summed E-state index contributed by atoms with van der Waals surface area (Å²) >= 11 is 0. The lowest BCUT2D eigenvalue weighted by molar-refractivity contribution is -0.135. The first-order chi connectivity index (χ1) is 10.1. The molecule has 6 heteroatoms. The minimum atomic E-state index is -0.196. The number of likely N-dealkylation sites (tertiary alicyclic amines) is 1. The first-order valence-corrected chi connectivity index (χ1v) is 7.68. The van der Waals surface area contributed by atoms with Crippen molar-refractivity contribution in [2.24, 2.45) is 5.92 Å². The quantitative estimate of drug-likeness (QED) is 0.904. The number of amides is 2. The molecule has 2 heterocycles. The van der Waals surface area contributed by atoms with Gasteiger partial charge in [-0.05, 0) is 12.8 Å². The Hall–Kier alpha value is -1.85. The van der Waals surface area contributed by atoms with Gasteiger partial charge in [-0.3, -0.25) is 9.59 Å². The normalized spacial score (nSPS) is 23.0. The van der Waals surface area contributed by atoms with Crippen molar-refractivity contribution in [3.63, 3.8) is 0 Å². The first-order valence-electron chi connectivity index (χ1n) is 7.68. The van der Waals surface area contributed by atoms with Crippen molar-refractivity contribution in [3.8, 4) is 0 Å². The number of carbonyl (C=O) groups is 2. The van der Waals surface area contributed by atoms with Gasteiger partial charge in [0.1, 0.15) is 5.82 Å². The van der Waals surface area contributed by atoms with Crippen LogP contribution in [0.25, 0.3) is 0 Å². The Bertz CT molecular complexity index is 508. The molecule has 2 amide bonds. The Labute approximate surface area is 124 Å². The highest BCUT2D eigenvalue weighted by Gasteiger charge is 2.39.